The summed E-state index contributed by atoms with van der Waals surface area (Å²) < 4.78 is 5.21. The molecule has 1 saturated heterocycles. The second-order valence-electron chi connectivity index (χ2n) is 4.51. The molecule has 0 aliphatic carbocycles. The van der Waals surface area contributed by atoms with E-state index in [2.05, 4.69) is 15.3 Å². The van der Waals surface area contributed by atoms with Crippen molar-refractivity contribution in [1.29, 1.82) is 0 Å². The number of aromatic amines is 1. The molecule has 3 rings (SSSR count). The monoisotopic (exact) mass is 231 g/mol. The maximum absolute atomic E-state index is 5.21. The fraction of sp³-hybridized carbons (Fsp3) is 0.462. The number of nitrogens with one attached hydrogen (secondary N) is 2. The van der Waals surface area contributed by atoms with Gasteiger partial charge in [0.2, 0.25) is 0 Å². The van der Waals surface area contributed by atoms with E-state index in [-0.39, 0.29) is 0 Å². The summed E-state index contributed by atoms with van der Waals surface area (Å²) in [5, 5.41) is 3.50. The van der Waals surface area contributed by atoms with Crippen LogP contribution in [0.25, 0.3) is 11.0 Å². The second-order valence-corrected chi connectivity index (χ2v) is 4.51. The topological polar surface area (TPSA) is 49.9 Å². The molecule has 1 aromatic heterocycles. The first-order valence-corrected chi connectivity index (χ1v) is 6.14. The van der Waals surface area contributed by atoms with Crippen molar-refractivity contribution < 1.29 is 4.74 Å². The lowest BCUT2D eigenvalue weighted by molar-refractivity contribution is 0.400. The summed E-state index contributed by atoms with van der Waals surface area (Å²) in [6, 6.07) is 6.31. The smallest absolute Gasteiger partial charge is 0.124 e. The van der Waals surface area contributed by atoms with Crippen LogP contribution in [0, 0.1) is 0 Å². The maximum Gasteiger partial charge on any atom is 0.124 e. The minimum absolute atomic E-state index is 0.377. The number of methoxy groups -OCH3 is 1. The van der Waals surface area contributed by atoms with Crippen LogP contribution in [0.5, 0.6) is 5.75 Å². The zero-order valence-electron chi connectivity index (χ0n) is 9.99. The SMILES string of the molecule is COc1ccc2nc(C3CCCCN3)[nH]c2c1. The largest absolute Gasteiger partial charge is 0.497 e. The molecule has 2 aromatic rings. The highest BCUT2D eigenvalue weighted by Crippen LogP contribution is 2.24. The Hall–Kier alpha value is -1.55. The molecule has 90 valence electrons. The predicted octanol–water partition coefficient (Wildman–Crippen LogP) is 2.39. The molecule has 2 heterocycles. The molecule has 0 saturated carbocycles. The van der Waals surface area contributed by atoms with Gasteiger partial charge in [0.1, 0.15) is 11.6 Å². The molecular formula is C13H17N3O. The minimum Gasteiger partial charge on any atom is -0.497 e. The van der Waals surface area contributed by atoms with E-state index in [1.807, 2.05) is 18.2 Å². The number of piperidine rings is 1. The Balaban J connectivity index is 1.95. The Morgan fingerprint density at radius 1 is 1.35 bits per heavy atom. The van der Waals surface area contributed by atoms with Crippen molar-refractivity contribution in [2.45, 2.75) is 25.3 Å². The Kier molecular flexibility index (Phi) is 2.73. The predicted molar refractivity (Wildman–Crippen MR) is 67.2 cm³/mol. The van der Waals surface area contributed by atoms with Crippen molar-refractivity contribution in [3.05, 3.63) is 24.0 Å². The molecular weight excluding hydrogens is 214 g/mol. The number of aromatic nitrogens is 2. The molecule has 1 unspecified atom stereocenters. The van der Waals surface area contributed by atoms with Gasteiger partial charge in [-0.3, -0.25) is 0 Å². The number of fused-ring (bicyclic) bond motifs is 1. The van der Waals surface area contributed by atoms with Crippen LogP contribution in [0.2, 0.25) is 0 Å². The number of hydrogen-bond donors (Lipinski definition) is 2. The van der Waals surface area contributed by atoms with Crippen molar-refractivity contribution in [3.63, 3.8) is 0 Å². The maximum atomic E-state index is 5.21. The normalized spacial score (nSPS) is 20.6. The summed E-state index contributed by atoms with van der Waals surface area (Å²) >= 11 is 0. The first kappa shape index (κ1) is 10.6. The number of H-pyrrole nitrogens is 1. The van der Waals surface area contributed by atoms with Crippen LogP contribution in [0.1, 0.15) is 31.1 Å². The molecule has 1 aliphatic heterocycles. The van der Waals surface area contributed by atoms with Gasteiger partial charge < -0.3 is 15.0 Å². The van der Waals surface area contributed by atoms with Crippen LogP contribution >= 0.6 is 0 Å². The lowest BCUT2D eigenvalue weighted by Gasteiger charge is -2.21. The van der Waals surface area contributed by atoms with Crippen LogP contribution in [0.3, 0.4) is 0 Å². The van der Waals surface area contributed by atoms with Gasteiger partial charge >= 0.3 is 0 Å². The number of rotatable bonds is 2. The standard InChI is InChI=1S/C13H17N3O/c1-17-9-5-6-10-12(8-9)16-13(15-10)11-4-2-3-7-14-11/h5-6,8,11,14H,2-4,7H2,1H3,(H,15,16). The van der Waals surface area contributed by atoms with E-state index in [0.717, 1.165) is 35.6 Å². The fourth-order valence-electron chi connectivity index (χ4n) is 2.39. The fourth-order valence-corrected chi connectivity index (χ4v) is 2.39. The van der Waals surface area contributed by atoms with Crippen LogP contribution in [0.15, 0.2) is 18.2 Å². The van der Waals surface area contributed by atoms with Crippen molar-refractivity contribution in [2.75, 3.05) is 13.7 Å². The number of benzene rings is 1. The Morgan fingerprint density at radius 2 is 2.29 bits per heavy atom. The second kappa shape index (κ2) is 4.37. The van der Waals surface area contributed by atoms with E-state index in [1.165, 1.54) is 12.8 Å². The Morgan fingerprint density at radius 3 is 3.06 bits per heavy atom. The lowest BCUT2D eigenvalue weighted by Crippen LogP contribution is -2.27. The van der Waals surface area contributed by atoms with E-state index < -0.39 is 0 Å². The molecule has 0 bridgehead atoms. The van der Waals surface area contributed by atoms with Gasteiger partial charge in [0, 0.05) is 6.07 Å². The van der Waals surface area contributed by atoms with Gasteiger partial charge in [-0.1, -0.05) is 6.42 Å². The molecule has 1 aliphatic rings. The van der Waals surface area contributed by atoms with Crippen LogP contribution in [-0.4, -0.2) is 23.6 Å². The molecule has 1 atom stereocenters. The van der Waals surface area contributed by atoms with Crippen molar-refractivity contribution >= 4 is 11.0 Å². The zero-order chi connectivity index (χ0) is 11.7. The summed E-state index contributed by atoms with van der Waals surface area (Å²) in [4.78, 5) is 8.02. The quantitative estimate of drug-likeness (QED) is 0.834. The average molecular weight is 231 g/mol. The van der Waals surface area contributed by atoms with Crippen LogP contribution in [-0.2, 0) is 0 Å². The first-order chi connectivity index (χ1) is 8.36. The number of ether oxygens (including phenoxy) is 1. The number of nitrogens with zero attached hydrogens (tertiary/aromatic N) is 1. The van der Waals surface area contributed by atoms with E-state index >= 15 is 0 Å². The van der Waals surface area contributed by atoms with Gasteiger partial charge in [-0.25, -0.2) is 4.98 Å². The molecule has 4 nitrogen and oxygen atoms in total. The highest BCUT2D eigenvalue weighted by molar-refractivity contribution is 5.76. The lowest BCUT2D eigenvalue weighted by atomic mass is 10.0. The molecule has 1 aromatic carbocycles. The summed E-state index contributed by atoms with van der Waals surface area (Å²) in [5.41, 5.74) is 2.06. The molecule has 4 heteroatoms. The summed E-state index contributed by atoms with van der Waals surface area (Å²) in [6.07, 6.45) is 3.71. The van der Waals surface area contributed by atoms with E-state index in [4.69, 9.17) is 4.74 Å². The minimum atomic E-state index is 0.377. The van der Waals surface area contributed by atoms with Gasteiger partial charge in [-0.15, -0.1) is 0 Å². The van der Waals surface area contributed by atoms with Crippen molar-refractivity contribution in [3.8, 4) is 5.75 Å². The number of imidazole rings is 1. The van der Waals surface area contributed by atoms with Gasteiger partial charge in [-0.05, 0) is 31.5 Å². The summed E-state index contributed by atoms with van der Waals surface area (Å²) in [6.45, 7) is 1.09. The van der Waals surface area contributed by atoms with E-state index in [9.17, 15) is 0 Å². The molecule has 2 N–H and O–H groups in total. The van der Waals surface area contributed by atoms with E-state index in [0.29, 0.717) is 6.04 Å². The van der Waals surface area contributed by atoms with Gasteiger partial charge in [0.15, 0.2) is 0 Å². The highest BCUT2D eigenvalue weighted by atomic mass is 16.5. The summed E-state index contributed by atoms with van der Waals surface area (Å²) in [5.74, 6) is 1.91. The van der Waals surface area contributed by atoms with Crippen LogP contribution in [0.4, 0.5) is 0 Å². The highest BCUT2D eigenvalue weighted by Gasteiger charge is 2.18. The first-order valence-electron chi connectivity index (χ1n) is 6.14. The van der Waals surface area contributed by atoms with Crippen molar-refractivity contribution in [1.82, 2.24) is 15.3 Å². The molecule has 1 fully saturated rings. The average Bonchev–Trinajstić information content (AvgIpc) is 2.82. The number of hydrogen-bond acceptors (Lipinski definition) is 3. The van der Waals surface area contributed by atoms with Gasteiger partial charge in [0.25, 0.3) is 0 Å². The third-order valence-electron chi connectivity index (χ3n) is 3.35. The zero-order valence-corrected chi connectivity index (χ0v) is 9.99. The Bertz CT molecular complexity index is 514. The van der Waals surface area contributed by atoms with Crippen LogP contribution < -0.4 is 10.1 Å². The third kappa shape index (κ3) is 2.00. The third-order valence-corrected chi connectivity index (χ3v) is 3.35. The van der Waals surface area contributed by atoms with Gasteiger partial charge in [-0.2, -0.15) is 0 Å². The van der Waals surface area contributed by atoms with E-state index in [1.54, 1.807) is 7.11 Å². The van der Waals surface area contributed by atoms with Gasteiger partial charge in [0.05, 0.1) is 24.2 Å². The molecule has 0 amide bonds. The summed E-state index contributed by atoms with van der Waals surface area (Å²) in [7, 11) is 1.68. The van der Waals surface area contributed by atoms with Crippen molar-refractivity contribution in [2.24, 2.45) is 0 Å². The molecule has 17 heavy (non-hydrogen) atoms. The molecule has 0 radical (unpaired) electrons. The Labute approximate surface area is 100 Å². The molecule has 0 spiro atoms.